The number of aromatic nitrogens is 2. The molecule has 126 valence electrons. The Kier molecular flexibility index (Phi) is 4.09. The number of nitrogens with zero attached hydrogens (tertiary/aromatic N) is 2. The van der Waals surface area contributed by atoms with Crippen molar-refractivity contribution in [2.24, 2.45) is 0 Å². The van der Waals surface area contributed by atoms with Crippen LogP contribution >= 0.6 is 0 Å². The number of benzene rings is 1. The van der Waals surface area contributed by atoms with Crippen LogP contribution in [0.5, 0.6) is 0 Å². The minimum Gasteiger partial charge on any atom is -0.481 e. The van der Waals surface area contributed by atoms with E-state index >= 15 is 0 Å². The number of nitrogens with one attached hydrogen (secondary N) is 1. The zero-order valence-corrected chi connectivity index (χ0v) is 13.3. The van der Waals surface area contributed by atoms with Crippen molar-refractivity contribution in [2.45, 2.75) is 38.1 Å². The van der Waals surface area contributed by atoms with E-state index in [1.807, 2.05) is 0 Å². The van der Waals surface area contributed by atoms with E-state index < -0.39 is 11.5 Å². The molecule has 1 aromatic heterocycles. The normalized spacial score (nSPS) is 15.6. The number of carboxylic acids is 1. The zero-order chi connectivity index (χ0) is 17.3. The molecule has 1 aliphatic carbocycles. The third-order valence-electron chi connectivity index (χ3n) is 4.38. The van der Waals surface area contributed by atoms with Gasteiger partial charge in [-0.15, -0.1) is 0 Å². The lowest BCUT2D eigenvalue weighted by molar-refractivity contribution is -0.139. The Morgan fingerprint density at radius 2 is 2.00 bits per heavy atom. The lowest BCUT2D eigenvalue weighted by Crippen LogP contribution is -2.54. The Balaban J connectivity index is 1.80. The van der Waals surface area contributed by atoms with Crippen LogP contribution in [0.15, 0.2) is 30.5 Å². The van der Waals surface area contributed by atoms with E-state index in [9.17, 15) is 14.0 Å². The molecule has 2 aromatic rings. The summed E-state index contributed by atoms with van der Waals surface area (Å²) >= 11 is 0. The van der Waals surface area contributed by atoms with E-state index in [-0.39, 0.29) is 23.8 Å². The fourth-order valence-corrected chi connectivity index (χ4v) is 2.95. The molecule has 1 aliphatic rings. The summed E-state index contributed by atoms with van der Waals surface area (Å²) in [5.74, 6) is -1.65. The van der Waals surface area contributed by atoms with E-state index in [1.54, 1.807) is 25.3 Å². The molecule has 1 amide bonds. The molecule has 0 radical (unpaired) electrons. The van der Waals surface area contributed by atoms with Crippen molar-refractivity contribution >= 4 is 11.9 Å². The first-order valence-corrected chi connectivity index (χ1v) is 7.75. The first-order chi connectivity index (χ1) is 11.4. The molecule has 2 N–H and O–H groups in total. The molecule has 0 aliphatic heterocycles. The average molecular weight is 331 g/mol. The van der Waals surface area contributed by atoms with Crippen LogP contribution in [0.25, 0.3) is 5.69 Å². The van der Waals surface area contributed by atoms with Crippen molar-refractivity contribution in [2.75, 3.05) is 0 Å². The second kappa shape index (κ2) is 6.07. The number of carboxylic acid groups (broad SMARTS) is 1. The van der Waals surface area contributed by atoms with E-state index in [2.05, 4.69) is 10.4 Å². The average Bonchev–Trinajstić information content (AvgIpc) is 2.87. The van der Waals surface area contributed by atoms with Crippen LogP contribution in [-0.4, -0.2) is 32.3 Å². The van der Waals surface area contributed by atoms with Crippen LogP contribution in [0.1, 0.15) is 41.7 Å². The highest BCUT2D eigenvalue weighted by atomic mass is 19.1. The molecular formula is C17H18FN3O3. The molecule has 1 fully saturated rings. The number of rotatable bonds is 5. The summed E-state index contributed by atoms with van der Waals surface area (Å²) in [4.78, 5) is 23.5. The second-order valence-corrected chi connectivity index (χ2v) is 6.24. The van der Waals surface area contributed by atoms with Crippen molar-refractivity contribution in [1.82, 2.24) is 15.1 Å². The fourth-order valence-electron chi connectivity index (χ4n) is 2.95. The fraction of sp³-hybridized carbons (Fsp3) is 0.353. The summed E-state index contributed by atoms with van der Waals surface area (Å²) < 4.78 is 14.5. The lowest BCUT2D eigenvalue weighted by Gasteiger charge is -2.41. The van der Waals surface area contributed by atoms with E-state index in [1.165, 1.54) is 16.8 Å². The minimum atomic E-state index is -0.927. The number of amides is 1. The molecule has 1 saturated carbocycles. The molecule has 0 spiro atoms. The highest BCUT2D eigenvalue weighted by molar-refractivity contribution is 5.94. The van der Waals surface area contributed by atoms with Crippen LogP contribution in [0.3, 0.4) is 0 Å². The van der Waals surface area contributed by atoms with Gasteiger partial charge in [0, 0.05) is 11.8 Å². The first kappa shape index (κ1) is 16.2. The number of hydrogen-bond donors (Lipinski definition) is 2. The molecule has 3 rings (SSSR count). The summed E-state index contributed by atoms with van der Waals surface area (Å²) in [6.07, 6.45) is 3.81. The Morgan fingerprint density at radius 3 is 2.54 bits per heavy atom. The number of carbonyl (C=O) groups excluding carboxylic acids is 1. The van der Waals surface area contributed by atoms with Crippen LogP contribution in [0, 0.1) is 12.7 Å². The standard InChI is InChI=1S/C17H18FN3O3/c1-11-10-21(13-5-3-12(18)4-6-13)20-15(11)16(24)19-17(7-2-8-17)9-14(22)23/h3-6,10H,2,7-9H2,1H3,(H,19,24)(H,22,23). The van der Waals surface area contributed by atoms with Gasteiger partial charge in [0.1, 0.15) is 5.82 Å². The predicted molar refractivity (Wildman–Crippen MR) is 84.6 cm³/mol. The zero-order valence-electron chi connectivity index (χ0n) is 13.3. The van der Waals surface area contributed by atoms with Gasteiger partial charge in [0.05, 0.1) is 17.6 Å². The van der Waals surface area contributed by atoms with Crippen molar-refractivity contribution < 1.29 is 19.1 Å². The van der Waals surface area contributed by atoms with Crippen molar-refractivity contribution in [3.05, 3.63) is 47.5 Å². The molecule has 0 saturated heterocycles. The summed E-state index contributed by atoms with van der Waals surface area (Å²) in [7, 11) is 0. The van der Waals surface area contributed by atoms with Crippen LogP contribution < -0.4 is 5.32 Å². The monoisotopic (exact) mass is 331 g/mol. The third-order valence-corrected chi connectivity index (χ3v) is 4.38. The van der Waals surface area contributed by atoms with E-state index in [0.717, 1.165) is 6.42 Å². The number of aryl methyl sites for hydroxylation is 1. The maximum atomic E-state index is 13.0. The molecule has 1 heterocycles. The van der Waals surface area contributed by atoms with Crippen LogP contribution in [-0.2, 0) is 4.79 Å². The quantitative estimate of drug-likeness (QED) is 0.881. The van der Waals surface area contributed by atoms with Gasteiger partial charge in [0.25, 0.3) is 5.91 Å². The van der Waals surface area contributed by atoms with Crippen molar-refractivity contribution in [3.63, 3.8) is 0 Å². The summed E-state index contributed by atoms with van der Waals surface area (Å²) in [6.45, 7) is 1.76. The maximum Gasteiger partial charge on any atom is 0.305 e. The molecule has 7 heteroatoms. The van der Waals surface area contributed by atoms with Gasteiger partial charge in [-0.2, -0.15) is 5.10 Å². The van der Waals surface area contributed by atoms with E-state index in [0.29, 0.717) is 24.1 Å². The Labute approximate surface area is 138 Å². The van der Waals surface area contributed by atoms with Crippen LogP contribution in [0.2, 0.25) is 0 Å². The molecule has 24 heavy (non-hydrogen) atoms. The smallest absolute Gasteiger partial charge is 0.305 e. The first-order valence-electron chi connectivity index (χ1n) is 7.75. The lowest BCUT2D eigenvalue weighted by atomic mass is 9.74. The van der Waals surface area contributed by atoms with Crippen LogP contribution in [0.4, 0.5) is 4.39 Å². The number of carbonyl (C=O) groups is 2. The maximum absolute atomic E-state index is 13.0. The SMILES string of the molecule is Cc1cn(-c2ccc(F)cc2)nc1C(=O)NC1(CC(=O)O)CCC1. The Bertz CT molecular complexity index is 779. The van der Waals surface area contributed by atoms with Gasteiger partial charge < -0.3 is 10.4 Å². The van der Waals surface area contributed by atoms with Gasteiger partial charge in [0.2, 0.25) is 0 Å². The van der Waals surface area contributed by atoms with Gasteiger partial charge in [-0.05, 0) is 50.5 Å². The number of hydrogen-bond acceptors (Lipinski definition) is 3. The minimum absolute atomic E-state index is 0.0868. The molecule has 6 nitrogen and oxygen atoms in total. The second-order valence-electron chi connectivity index (χ2n) is 6.24. The Morgan fingerprint density at radius 1 is 1.33 bits per heavy atom. The summed E-state index contributed by atoms with van der Waals surface area (Å²) in [5, 5.41) is 16.1. The van der Waals surface area contributed by atoms with Gasteiger partial charge in [0.15, 0.2) is 5.69 Å². The number of halogens is 1. The highest BCUT2D eigenvalue weighted by Crippen LogP contribution is 2.35. The van der Waals surface area contributed by atoms with E-state index in [4.69, 9.17) is 5.11 Å². The summed E-state index contributed by atoms with van der Waals surface area (Å²) in [5.41, 5.74) is 0.884. The highest BCUT2D eigenvalue weighted by Gasteiger charge is 2.41. The Hall–Kier alpha value is -2.70. The predicted octanol–water partition coefficient (Wildman–Crippen LogP) is 2.45. The topological polar surface area (TPSA) is 84.2 Å². The molecule has 0 bridgehead atoms. The van der Waals surface area contributed by atoms with Gasteiger partial charge in [-0.25, -0.2) is 9.07 Å². The third kappa shape index (κ3) is 3.15. The van der Waals surface area contributed by atoms with Gasteiger partial charge >= 0.3 is 5.97 Å². The van der Waals surface area contributed by atoms with Gasteiger partial charge in [-0.3, -0.25) is 9.59 Å². The molecule has 0 atom stereocenters. The van der Waals surface area contributed by atoms with Crippen molar-refractivity contribution in [1.29, 1.82) is 0 Å². The largest absolute Gasteiger partial charge is 0.481 e. The van der Waals surface area contributed by atoms with Gasteiger partial charge in [-0.1, -0.05) is 0 Å². The number of aliphatic carboxylic acids is 1. The molecule has 0 unspecified atom stereocenters. The van der Waals surface area contributed by atoms with Crippen molar-refractivity contribution in [3.8, 4) is 5.69 Å². The molecular weight excluding hydrogens is 313 g/mol. The molecule has 1 aromatic carbocycles. The summed E-state index contributed by atoms with van der Waals surface area (Å²) in [6, 6.07) is 5.78.